The molecule has 0 aliphatic carbocycles. The molecule has 3 nitrogen and oxygen atoms in total. The Balaban J connectivity index is 2.19. The van der Waals surface area contributed by atoms with Crippen LogP contribution in [0.25, 0.3) is 0 Å². The average Bonchev–Trinajstić information content (AvgIpc) is 2.68. The first-order valence-electron chi connectivity index (χ1n) is 6.68. The number of benzene rings is 1. The van der Waals surface area contributed by atoms with Gasteiger partial charge in [0, 0.05) is 36.4 Å². The number of phenolic OH excluding ortho intramolecular Hbond substituents is 1. The number of nitrogens with one attached hydrogen (secondary N) is 1. The van der Waals surface area contributed by atoms with Gasteiger partial charge in [0.1, 0.15) is 5.75 Å². The van der Waals surface area contributed by atoms with E-state index in [4.69, 9.17) is 0 Å². The molecule has 1 saturated heterocycles. The molecule has 1 atom stereocenters. The van der Waals surface area contributed by atoms with Crippen LogP contribution in [0.3, 0.4) is 0 Å². The van der Waals surface area contributed by atoms with Crippen LogP contribution in [0.5, 0.6) is 5.75 Å². The van der Waals surface area contributed by atoms with Crippen molar-refractivity contribution in [2.75, 3.05) is 25.0 Å². The molecule has 0 radical (unpaired) electrons. The Labute approximate surface area is 110 Å². The fourth-order valence-corrected chi connectivity index (χ4v) is 2.58. The maximum atomic E-state index is 10.1. The van der Waals surface area contributed by atoms with Crippen molar-refractivity contribution in [2.24, 2.45) is 5.41 Å². The number of phenols is 1. The van der Waals surface area contributed by atoms with E-state index in [1.54, 1.807) is 0 Å². The lowest BCUT2D eigenvalue weighted by Crippen LogP contribution is -2.22. The van der Waals surface area contributed by atoms with Gasteiger partial charge in [-0.2, -0.15) is 0 Å². The van der Waals surface area contributed by atoms with Crippen molar-refractivity contribution in [3.8, 4) is 5.75 Å². The van der Waals surface area contributed by atoms with Crippen LogP contribution in [0, 0.1) is 5.41 Å². The Bertz CT molecular complexity index is 429. The van der Waals surface area contributed by atoms with Gasteiger partial charge in [0.15, 0.2) is 0 Å². The molecular formula is C15H24N2O. The summed E-state index contributed by atoms with van der Waals surface area (Å²) in [6.07, 6.45) is 1.21. The van der Waals surface area contributed by atoms with Crippen molar-refractivity contribution in [2.45, 2.75) is 33.2 Å². The summed E-state index contributed by atoms with van der Waals surface area (Å²) in [5.41, 5.74) is 2.47. The van der Waals surface area contributed by atoms with Crippen LogP contribution in [-0.4, -0.2) is 25.2 Å². The quantitative estimate of drug-likeness (QED) is 0.863. The van der Waals surface area contributed by atoms with Crippen molar-refractivity contribution in [1.29, 1.82) is 0 Å². The second-order valence-corrected chi connectivity index (χ2v) is 6.09. The monoisotopic (exact) mass is 248 g/mol. The number of aromatic hydroxyl groups is 1. The van der Waals surface area contributed by atoms with Crippen LogP contribution in [-0.2, 0) is 0 Å². The third kappa shape index (κ3) is 2.61. The highest BCUT2D eigenvalue weighted by Gasteiger charge is 2.29. The highest BCUT2D eigenvalue weighted by molar-refractivity contribution is 5.54. The van der Waals surface area contributed by atoms with Gasteiger partial charge in [0.2, 0.25) is 0 Å². The van der Waals surface area contributed by atoms with Crippen LogP contribution in [0.4, 0.5) is 5.69 Å². The van der Waals surface area contributed by atoms with Gasteiger partial charge in [-0.15, -0.1) is 0 Å². The number of nitrogens with zero attached hydrogens (tertiary/aromatic N) is 1. The number of rotatable bonds is 3. The van der Waals surface area contributed by atoms with E-state index in [2.05, 4.69) is 30.1 Å². The van der Waals surface area contributed by atoms with Gasteiger partial charge in [-0.25, -0.2) is 0 Å². The van der Waals surface area contributed by atoms with Gasteiger partial charge in [-0.05, 0) is 31.9 Å². The van der Waals surface area contributed by atoms with Gasteiger partial charge in [0.05, 0.1) is 0 Å². The molecule has 18 heavy (non-hydrogen) atoms. The summed E-state index contributed by atoms with van der Waals surface area (Å²) in [5, 5.41) is 13.3. The second kappa shape index (κ2) is 4.81. The summed E-state index contributed by atoms with van der Waals surface area (Å²) >= 11 is 0. The summed E-state index contributed by atoms with van der Waals surface area (Å²) in [6.45, 7) is 8.78. The van der Waals surface area contributed by atoms with Crippen LogP contribution in [0.15, 0.2) is 18.2 Å². The summed E-state index contributed by atoms with van der Waals surface area (Å²) in [4.78, 5) is 2.35. The minimum absolute atomic E-state index is 0.175. The predicted octanol–water partition coefficient (Wildman–Crippen LogP) is 2.91. The topological polar surface area (TPSA) is 35.5 Å². The standard InChI is InChI=1S/C15H24N2O/c1-11(16-4)13-6-5-12(9-14(13)18)17-8-7-15(2,3)10-17/h5-6,9,11,16,18H,7-8,10H2,1-4H3. The molecule has 0 amide bonds. The third-order valence-electron chi connectivity index (χ3n) is 3.96. The van der Waals surface area contributed by atoms with Crippen LogP contribution in [0.2, 0.25) is 0 Å². The van der Waals surface area contributed by atoms with E-state index in [0.717, 1.165) is 24.3 Å². The molecular weight excluding hydrogens is 224 g/mol. The average molecular weight is 248 g/mol. The summed E-state index contributed by atoms with van der Waals surface area (Å²) in [7, 11) is 1.90. The van der Waals surface area contributed by atoms with Gasteiger partial charge >= 0.3 is 0 Å². The Morgan fingerprint density at radius 1 is 1.39 bits per heavy atom. The van der Waals surface area contributed by atoms with Gasteiger partial charge in [-0.1, -0.05) is 19.9 Å². The van der Waals surface area contributed by atoms with Gasteiger partial charge in [0.25, 0.3) is 0 Å². The summed E-state index contributed by atoms with van der Waals surface area (Å²) in [6, 6.07) is 6.21. The zero-order valence-corrected chi connectivity index (χ0v) is 11.8. The van der Waals surface area contributed by atoms with E-state index < -0.39 is 0 Å². The summed E-state index contributed by atoms with van der Waals surface area (Å²) < 4.78 is 0. The van der Waals surface area contributed by atoms with E-state index in [1.165, 1.54) is 6.42 Å². The zero-order valence-electron chi connectivity index (χ0n) is 11.8. The molecule has 1 aliphatic heterocycles. The Morgan fingerprint density at radius 2 is 2.11 bits per heavy atom. The lowest BCUT2D eigenvalue weighted by atomic mass is 9.93. The molecule has 1 heterocycles. The van der Waals surface area contributed by atoms with Crippen LogP contribution >= 0.6 is 0 Å². The SMILES string of the molecule is CNC(C)c1ccc(N2CCC(C)(C)C2)cc1O. The molecule has 3 heteroatoms. The minimum Gasteiger partial charge on any atom is -0.508 e. The fourth-order valence-electron chi connectivity index (χ4n) is 2.58. The number of anilines is 1. The molecule has 1 aliphatic rings. The van der Waals surface area contributed by atoms with Crippen molar-refractivity contribution >= 4 is 5.69 Å². The normalized spacial score (nSPS) is 20.1. The fraction of sp³-hybridized carbons (Fsp3) is 0.600. The Kier molecular flexibility index (Phi) is 3.53. The van der Waals surface area contributed by atoms with E-state index in [0.29, 0.717) is 11.2 Å². The lowest BCUT2D eigenvalue weighted by molar-refractivity contribution is 0.418. The van der Waals surface area contributed by atoms with Crippen molar-refractivity contribution in [1.82, 2.24) is 5.32 Å². The third-order valence-corrected chi connectivity index (χ3v) is 3.96. The largest absolute Gasteiger partial charge is 0.508 e. The molecule has 2 rings (SSSR count). The highest BCUT2D eigenvalue weighted by atomic mass is 16.3. The first-order chi connectivity index (χ1) is 8.43. The molecule has 1 fully saturated rings. The lowest BCUT2D eigenvalue weighted by Gasteiger charge is -2.23. The minimum atomic E-state index is 0.175. The second-order valence-electron chi connectivity index (χ2n) is 6.09. The van der Waals surface area contributed by atoms with E-state index in [-0.39, 0.29) is 6.04 Å². The molecule has 0 bridgehead atoms. The van der Waals surface area contributed by atoms with Crippen molar-refractivity contribution in [3.05, 3.63) is 23.8 Å². The molecule has 1 unspecified atom stereocenters. The van der Waals surface area contributed by atoms with Crippen molar-refractivity contribution in [3.63, 3.8) is 0 Å². The zero-order chi connectivity index (χ0) is 13.3. The highest BCUT2D eigenvalue weighted by Crippen LogP contribution is 2.35. The predicted molar refractivity (Wildman–Crippen MR) is 76.2 cm³/mol. The number of hydrogen-bond donors (Lipinski definition) is 2. The van der Waals surface area contributed by atoms with Crippen molar-refractivity contribution < 1.29 is 5.11 Å². The molecule has 1 aromatic carbocycles. The van der Waals surface area contributed by atoms with E-state index in [9.17, 15) is 5.11 Å². The molecule has 0 saturated carbocycles. The molecule has 1 aromatic rings. The first kappa shape index (κ1) is 13.2. The van der Waals surface area contributed by atoms with E-state index >= 15 is 0 Å². The summed E-state index contributed by atoms with van der Waals surface area (Å²) in [5.74, 6) is 0.388. The Hall–Kier alpha value is -1.22. The number of hydrogen-bond acceptors (Lipinski definition) is 3. The Morgan fingerprint density at radius 3 is 2.61 bits per heavy atom. The van der Waals surface area contributed by atoms with Crippen LogP contribution in [0.1, 0.15) is 38.8 Å². The molecule has 2 N–H and O–H groups in total. The van der Waals surface area contributed by atoms with Crippen LogP contribution < -0.4 is 10.2 Å². The molecule has 0 spiro atoms. The van der Waals surface area contributed by atoms with Gasteiger partial charge in [-0.3, -0.25) is 0 Å². The first-order valence-corrected chi connectivity index (χ1v) is 6.68. The van der Waals surface area contributed by atoms with E-state index in [1.807, 2.05) is 26.1 Å². The van der Waals surface area contributed by atoms with Gasteiger partial charge < -0.3 is 15.3 Å². The smallest absolute Gasteiger partial charge is 0.122 e. The molecule has 100 valence electrons. The molecule has 0 aromatic heterocycles. The maximum absolute atomic E-state index is 10.1. The maximum Gasteiger partial charge on any atom is 0.122 e.